The van der Waals surface area contributed by atoms with Gasteiger partial charge in [0.15, 0.2) is 5.72 Å². The Morgan fingerprint density at radius 3 is 2.18 bits per heavy atom. The molecular weight excluding hydrogens is 146 g/mol. The van der Waals surface area contributed by atoms with Crippen LogP contribution in [0.3, 0.4) is 0 Å². The Morgan fingerprint density at radius 1 is 1.27 bits per heavy atom. The molecule has 0 radical (unpaired) electrons. The predicted molar refractivity (Wildman–Crippen MR) is 39.1 cm³/mol. The van der Waals surface area contributed by atoms with Gasteiger partial charge in [0.25, 0.3) is 0 Å². The first-order valence-corrected chi connectivity index (χ1v) is 3.66. The Hall–Kier alpha value is -0.160. The van der Waals surface area contributed by atoms with Crippen LogP contribution in [0.1, 0.15) is 20.8 Å². The van der Waals surface area contributed by atoms with Crippen LogP contribution in [-0.4, -0.2) is 39.9 Å². The number of hydrogen-bond acceptors (Lipinski definition) is 4. The molecule has 1 aliphatic rings. The Morgan fingerprint density at radius 2 is 1.82 bits per heavy atom. The van der Waals surface area contributed by atoms with E-state index in [2.05, 4.69) is 0 Å². The molecule has 1 fully saturated rings. The summed E-state index contributed by atoms with van der Waals surface area (Å²) in [5.41, 5.74) is -1.77. The minimum atomic E-state index is -1.26. The number of nitrogens with zero attached hydrogens (tertiary/aromatic N) is 1. The lowest BCUT2D eigenvalue weighted by molar-refractivity contribution is -0.346. The predicted octanol–water partition coefficient (Wildman–Crippen LogP) is 0.195. The Kier molecular flexibility index (Phi) is 1.96. The van der Waals surface area contributed by atoms with Crippen LogP contribution in [-0.2, 0) is 4.74 Å². The molecule has 0 spiro atoms. The van der Waals surface area contributed by atoms with Crippen LogP contribution in [0.2, 0.25) is 0 Å². The number of hydrogen-bond donors (Lipinski definition) is 2. The third-order valence-electron chi connectivity index (χ3n) is 1.86. The normalized spacial score (nSPS) is 39.0. The zero-order valence-corrected chi connectivity index (χ0v) is 7.16. The van der Waals surface area contributed by atoms with Gasteiger partial charge in [-0.1, -0.05) is 0 Å². The summed E-state index contributed by atoms with van der Waals surface area (Å²) in [6.45, 7) is 5.71. The highest BCUT2D eigenvalue weighted by molar-refractivity contribution is 4.86. The van der Waals surface area contributed by atoms with Crippen LogP contribution in [0, 0.1) is 0 Å². The van der Waals surface area contributed by atoms with Gasteiger partial charge in [0, 0.05) is 0 Å². The third kappa shape index (κ3) is 1.54. The van der Waals surface area contributed by atoms with Crippen LogP contribution in [0.5, 0.6) is 0 Å². The summed E-state index contributed by atoms with van der Waals surface area (Å²) in [4.78, 5) is 0. The highest BCUT2D eigenvalue weighted by Crippen LogP contribution is 2.26. The molecule has 4 heteroatoms. The van der Waals surface area contributed by atoms with E-state index < -0.39 is 11.3 Å². The second-order valence-electron chi connectivity index (χ2n) is 3.83. The Labute approximate surface area is 66.3 Å². The summed E-state index contributed by atoms with van der Waals surface area (Å²) in [6.07, 6.45) is 0. The van der Waals surface area contributed by atoms with Crippen LogP contribution in [0.4, 0.5) is 0 Å². The molecule has 0 aromatic carbocycles. The third-order valence-corrected chi connectivity index (χ3v) is 1.86. The zero-order valence-electron chi connectivity index (χ0n) is 7.16. The van der Waals surface area contributed by atoms with Gasteiger partial charge in [0.1, 0.15) is 0 Å². The number of aliphatic hydroxyl groups is 1. The molecule has 1 aliphatic heterocycles. The minimum Gasteiger partial charge on any atom is -0.375 e. The number of ether oxygens (including phenoxy) is 1. The van der Waals surface area contributed by atoms with E-state index in [1.165, 1.54) is 6.92 Å². The number of morpholine rings is 1. The fraction of sp³-hybridized carbons (Fsp3) is 1.00. The molecule has 11 heavy (non-hydrogen) atoms. The van der Waals surface area contributed by atoms with Gasteiger partial charge in [-0.3, -0.25) is 0 Å². The average Bonchev–Trinajstić information content (AvgIpc) is 1.82. The highest BCUT2D eigenvalue weighted by Gasteiger charge is 2.43. The SMILES string of the molecule is CC1(C)COCC(C)(O)N1O. The Bertz CT molecular complexity index is 140. The maximum Gasteiger partial charge on any atom is 0.161 e. The molecule has 2 N–H and O–H groups in total. The van der Waals surface area contributed by atoms with Crippen molar-refractivity contribution in [3.63, 3.8) is 0 Å². The van der Waals surface area contributed by atoms with E-state index in [9.17, 15) is 10.3 Å². The van der Waals surface area contributed by atoms with Gasteiger partial charge in [-0.2, -0.15) is 5.06 Å². The molecule has 66 valence electrons. The number of hydroxylamine groups is 2. The van der Waals surface area contributed by atoms with Gasteiger partial charge >= 0.3 is 0 Å². The lowest BCUT2D eigenvalue weighted by Crippen LogP contribution is -2.63. The van der Waals surface area contributed by atoms with Crippen LogP contribution in [0.25, 0.3) is 0 Å². The lowest BCUT2D eigenvalue weighted by atomic mass is 10.0. The van der Waals surface area contributed by atoms with E-state index in [4.69, 9.17) is 4.74 Å². The summed E-state index contributed by atoms with van der Waals surface area (Å²) in [7, 11) is 0. The van der Waals surface area contributed by atoms with E-state index in [-0.39, 0.29) is 6.61 Å². The van der Waals surface area contributed by atoms with Crippen LogP contribution in [0.15, 0.2) is 0 Å². The van der Waals surface area contributed by atoms with Gasteiger partial charge in [-0.25, -0.2) is 0 Å². The van der Waals surface area contributed by atoms with Crippen molar-refractivity contribution in [3.8, 4) is 0 Å². The Balaban J connectivity index is 2.76. The summed E-state index contributed by atoms with van der Waals surface area (Å²) >= 11 is 0. The van der Waals surface area contributed by atoms with Crippen molar-refractivity contribution in [2.75, 3.05) is 13.2 Å². The van der Waals surface area contributed by atoms with E-state index in [1.807, 2.05) is 0 Å². The summed E-state index contributed by atoms with van der Waals surface area (Å²) in [5, 5.41) is 19.9. The molecule has 4 nitrogen and oxygen atoms in total. The zero-order chi connectivity index (χ0) is 8.70. The maximum atomic E-state index is 9.53. The minimum absolute atomic E-state index is 0.146. The lowest BCUT2D eigenvalue weighted by Gasteiger charge is -2.46. The monoisotopic (exact) mass is 161 g/mol. The molecule has 1 atom stereocenters. The fourth-order valence-electron chi connectivity index (χ4n) is 1.27. The second kappa shape index (κ2) is 2.42. The molecule has 0 amide bonds. The molecule has 0 saturated carbocycles. The quantitative estimate of drug-likeness (QED) is 0.532. The average molecular weight is 161 g/mol. The summed E-state index contributed by atoms with van der Waals surface area (Å²) in [6, 6.07) is 0. The summed E-state index contributed by atoms with van der Waals surface area (Å²) in [5.74, 6) is 0. The maximum absolute atomic E-state index is 9.53. The molecule has 0 bridgehead atoms. The van der Waals surface area contributed by atoms with Crippen molar-refractivity contribution in [1.82, 2.24) is 5.06 Å². The second-order valence-corrected chi connectivity index (χ2v) is 3.83. The van der Waals surface area contributed by atoms with E-state index >= 15 is 0 Å². The van der Waals surface area contributed by atoms with Crippen LogP contribution >= 0.6 is 0 Å². The molecule has 1 rings (SSSR count). The largest absolute Gasteiger partial charge is 0.375 e. The highest BCUT2D eigenvalue weighted by atomic mass is 16.6. The van der Waals surface area contributed by atoms with Gasteiger partial charge < -0.3 is 15.1 Å². The molecule has 1 unspecified atom stereocenters. The van der Waals surface area contributed by atoms with Gasteiger partial charge in [-0.15, -0.1) is 0 Å². The van der Waals surface area contributed by atoms with E-state index in [0.717, 1.165) is 5.06 Å². The summed E-state index contributed by atoms with van der Waals surface area (Å²) < 4.78 is 5.12. The molecule has 1 heterocycles. The fourth-order valence-corrected chi connectivity index (χ4v) is 1.27. The standard InChI is InChI=1S/C7H15NO3/c1-6(2)4-11-5-7(3,9)8(6)10/h9-10H,4-5H2,1-3H3. The topological polar surface area (TPSA) is 52.9 Å². The number of rotatable bonds is 0. The van der Waals surface area contributed by atoms with Gasteiger partial charge in [-0.05, 0) is 20.8 Å². The van der Waals surface area contributed by atoms with Gasteiger partial charge in [0.2, 0.25) is 0 Å². The first-order valence-electron chi connectivity index (χ1n) is 3.66. The van der Waals surface area contributed by atoms with Crippen molar-refractivity contribution in [2.24, 2.45) is 0 Å². The van der Waals surface area contributed by atoms with Crippen molar-refractivity contribution in [1.29, 1.82) is 0 Å². The van der Waals surface area contributed by atoms with Crippen molar-refractivity contribution in [3.05, 3.63) is 0 Å². The van der Waals surface area contributed by atoms with Gasteiger partial charge in [0.05, 0.1) is 18.8 Å². The molecule has 0 aromatic rings. The van der Waals surface area contributed by atoms with E-state index in [1.54, 1.807) is 13.8 Å². The smallest absolute Gasteiger partial charge is 0.161 e. The van der Waals surface area contributed by atoms with E-state index in [0.29, 0.717) is 6.61 Å². The molecule has 0 aliphatic carbocycles. The molecule has 1 saturated heterocycles. The first-order chi connectivity index (χ1) is 4.86. The van der Waals surface area contributed by atoms with Crippen LogP contribution < -0.4 is 0 Å². The van der Waals surface area contributed by atoms with Crippen molar-refractivity contribution < 1.29 is 15.1 Å². The van der Waals surface area contributed by atoms with Crippen molar-refractivity contribution >= 4 is 0 Å². The van der Waals surface area contributed by atoms with Crippen molar-refractivity contribution in [2.45, 2.75) is 32.0 Å². The molecular formula is C7H15NO3. The first kappa shape index (κ1) is 8.93. The molecule has 0 aromatic heterocycles.